The van der Waals surface area contributed by atoms with Crippen molar-refractivity contribution < 1.29 is 9.18 Å². The minimum Gasteiger partial charge on any atom is -0.298 e. The monoisotopic (exact) mass is 269 g/mol. The predicted octanol–water partition coefficient (Wildman–Crippen LogP) is 3.42. The van der Waals surface area contributed by atoms with Crippen LogP contribution < -0.4 is 0 Å². The van der Waals surface area contributed by atoms with Crippen molar-refractivity contribution in [1.82, 2.24) is 4.90 Å². The van der Waals surface area contributed by atoms with Crippen LogP contribution in [0.15, 0.2) is 18.2 Å². The number of nitrogens with zero attached hydrogens (tertiary/aromatic N) is 1. The predicted molar refractivity (Wildman–Crippen MR) is 70.1 cm³/mol. The van der Waals surface area contributed by atoms with Crippen LogP contribution in [0.5, 0.6) is 0 Å². The average Bonchev–Trinajstić information content (AvgIpc) is 2.34. The summed E-state index contributed by atoms with van der Waals surface area (Å²) in [6.45, 7) is 3.14. The number of piperidine rings is 1. The zero-order valence-corrected chi connectivity index (χ0v) is 11.2. The van der Waals surface area contributed by atoms with Gasteiger partial charge in [0.2, 0.25) is 0 Å². The number of hydrogen-bond acceptors (Lipinski definition) is 2. The van der Waals surface area contributed by atoms with E-state index in [-0.39, 0.29) is 16.8 Å². The van der Waals surface area contributed by atoms with Crippen LogP contribution in [0.25, 0.3) is 0 Å². The zero-order valence-electron chi connectivity index (χ0n) is 10.5. The highest BCUT2D eigenvalue weighted by molar-refractivity contribution is 6.30. The number of rotatable bonds is 3. The van der Waals surface area contributed by atoms with Crippen LogP contribution in [-0.2, 0) is 11.3 Å². The summed E-state index contributed by atoms with van der Waals surface area (Å²) >= 11 is 5.66. The average molecular weight is 270 g/mol. The van der Waals surface area contributed by atoms with Gasteiger partial charge in [0.1, 0.15) is 11.6 Å². The van der Waals surface area contributed by atoms with E-state index in [1.54, 1.807) is 13.0 Å². The first-order valence-corrected chi connectivity index (χ1v) is 6.64. The van der Waals surface area contributed by atoms with Crippen LogP contribution in [-0.4, -0.2) is 23.3 Å². The van der Waals surface area contributed by atoms with Crippen LogP contribution >= 0.6 is 11.6 Å². The molecule has 0 aliphatic carbocycles. The van der Waals surface area contributed by atoms with E-state index in [4.69, 9.17) is 11.6 Å². The lowest BCUT2D eigenvalue weighted by Crippen LogP contribution is -2.43. The van der Waals surface area contributed by atoms with Gasteiger partial charge in [-0.3, -0.25) is 9.69 Å². The number of hydrogen-bond donors (Lipinski definition) is 0. The molecular formula is C14H17ClFNO. The summed E-state index contributed by atoms with van der Waals surface area (Å²) in [7, 11) is 0. The first-order chi connectivity index (χ1) is 8.58. The van der Waals surface area contributed by atoms with E-state index in [0.717, 1.165) is 31.4 Å². The Hall–Kier alpha value is -0.930. The molecule has 2 rings (SSSR count). The molecule has 1 atom stereocenters. The van der Waals surface area contributed by atoms with Crippen molar-refractivity contribution in [3.8, 4) is 0 Å². The van der Waals surface area contributed by atoms with Gasteiger partial charge in [0.25, 0.3) is 0 Å². The summed E-state index contributed by atoms with van der Waals surface area (Å²) in [6, 6.07) is 4.82. The number of ketones is 1. The van der Waals surface area contributed by atoms with Gasteiger partial charge < -0.3 is 0 Å². The Labute approximate surface area is 112 Å². The highest BCUT2D eigenvalue weighted by Crippen LogP contribution is 2.22. The standard InChI is InChI=1S/C14H17ClFNO/c1-10(18)14-4-2-3-7-17(14)9-11-5-6-12(15)13(16)8-11/h5-6,8,14H,2-4,7,9H2,1H3. The summed E-state index contributed by atoms with van der Waals surface area (Å²) < 4.78 is 13.4. The van der Waals surface area contributed by atoms with Gasteiger partial charge in [-0.1, -0.05) is 24.1 Å². The molecule has 1 saturated heterocycles. The van der Waals surface area contributed by atoms with E-state index in [2.05, 4.69) is 4.90 Å². The fourth-order valence-electron chi connectivity index (χ4n) is 2.51. The lowest BCUT2D eigenvalue weighted by molar-refractivity contribution is -0.123. The van der Waals surface area contributed by atoms with E-state index < -0.39 is 5.82 Å². The molecule has 1 aliphatic rings. The molecular weight excluding hydrogens is 253 g/mol. The first-order valence-electron chi connectivity index (χ1n) is 6.26. The number of Topliss-reactive ketones (excluding diaryl/α,β-unsaturated/α-hetero) is 1. The first kappa shape index (κ1) is 13.5. The normalized spacial score (nSPS) is 20.9. The van der Waals surface area contributed by atoms with Gasteiger partial charge >= 0.3 is 0 Å². The Bertz CT molecular complexity index is 449. The van der Waals surface area contributed by atoms with Gasteiger partial charge in [-0.05, 0) is 44.0 Å². The lowest BCUT2D eigenvalue weighted by atomic mass is 9.98. The van der Waals surface area contributed by atoms with Crippen molar-refractivity contribution in [1.29, 1.82) is 0 Å². The van der Waals surface area contributed by atoms with Crippen molar-refractivity contribution in [2.45, 2.75) is 38.8 Å². The molecule has 0 spiro atoms. The Balaban J connectivity index is 2.10. The third kappa shape index (κ3) is 3.09. The van der Waals surface area contributed by atoms with E-state index >= 15 is 0 Å². The Kier molecular flexibility index (Phi) is 4.36. The maximum atomic E-state index is 13.4. The maximum Gasteiger partial charge on any atom is 0.146 e. The molecule has 0 amide bonds. The second-order valence-electron chi connectivity index (χ2n) is 4.84. The fraction of sp³-hybridized carbons (Fsp3) is 0.500. The molecule has 1 aromatic rings. The third-order valence-electron chi connectivity index (χ3n) is 3.45. The molecule has 0 saturated carbocycles. The molecule has 1 aliphatic heterocycles. The number of halogens is 2. The SMILES string of the molecule is CC(=O)C1CCCCN1Cc1ccc(Cl)c(F)c1. The van der Waals surface area contributed by atoms with Crippen LogP contribution in [0.3, 0.4) is 0 Å². The summed E-state index contributed by atoms with van der Waals surface area (Å²) in [5.41, 5.74) is 0.866. The Morgan fingerprint density at radius 2 is 2.28 bits per heavy atom. The number of carbonyl (C=O) groups is 1. The molecule has 0 bridgehead atoms. The van der Waals surface area contributed by atoms with Crippen LogP contribution in [0.2, 0.25) is 5.02 Å². The van der Waals surface area contributed by atoms with E-state index in [9.17, 15) is 9.18 Å². The Morgan fingerprint density at radius 1 is 1.50 bits per heavy atom. The molecule has 2 nitrogen and oxygen atoms in total. The van der Waals surface area contributed by atoms with Gasteiger partial charge in [0.05, 0.1) is 11.1 Å². The summed E-state index contributed by atoms with van der Waals surface area (Å²) in [5, 5.41) is 0.139. The topological polar surface area (TPSA) is 20.3 Å². The van der Waals surface area contributed by atoms with E-state index in [1.807, 2.05) is 6.07 Å². The zero-order chi connectivity index (χ0) is 13.1. The van der Waals surface area contributed by atoms with E-state index in [1.165, 1.54) is 6.07 Å². The van der Waals surface area contributed by atoms with Gasteiger partial charge in [0.15, 0.2) is 0 Å². The lowest BCUT2D eigenvalue weighted by Gasteiger charge is -2.34. The van der Waals surface area contributed by atoms with Crippen molar-refractivity contribution in [2.24, 2.45) is 0 Å². The van der Waals surface area contributed by atoms with Gasteiger partial charge in [-0.15, -0.1) is 0 Å². The van der Waals surface area contributed by atoms with Crippen LogP contribution in [0, 0.1) is 5.82 Å². The molecule has 1 fully saturated rings. The van der Waals surface area contributed by atoms with Gasteiger partial charge in [-0.2, -0.15) is 0 Å². The number of carbonyl (C=O) groups excluding carboxylic acids is 1. The van der Waals surface area contributed by atoms with Crippen molar-refractivity contribution in [3.05, 3.63) is 34.6 Å². The summed E-state index contributed by atoms with van der Waals surface area (Å²) in [4.78, 5) is 13.7. The van der Waals surface area contributed by atoms with E-state index in [0.29, 0.717) is 6.54 Å². The van der Waals surface area contributed by atoms with Crippen molar-refractivity contribution in [2.75, 3.05) is 6.54 Å². The smallest absolute Gasteiger partial charge is 0.146 e. The maximum absolute atomic E-state index is 13.4. The molecule has 1 unspecified atom stereocenters. The fourth-order valence-corrected chi connectivity index (χ4v) is 2.63. The van der Waals surface area contributed by atoms with Crippen molar-refractivity contribution >= 4 is 17.4 Å². The number of benzene rings is 1. The molecule has 0 aromatic heterocycles. The minimum atomic E-state index is -0.398. The van der Waals surface area contributed by atoms with Crippen molar-refractivity contribution in [3.63, 3.8) is 0 Å². The molecule has 1 aromatic carbocycles. The molecule has 1 heterocycles. The Morgan fingerprint density at radius 3 is 2.94 bits per heavy atom. The summed E-state index contributed by atoms with van der Waals surface area (Å²) in [6.07, 6.45) is 3.10. The second-order valence-corrected chi connectivity index (χ2v) is 5.25. The molecule has 0 radical (unpaired) electrons. The molecule has 98 valence electrons. The highest BCUT2D eigenvalue weighted by atomic mass is 35.5. The van der Waals surface area contributed by atoms with Gasteiger partial charge in [-0.25, -0.2) is 4.39 Å². The number of likely N-dealkylation sites (tertiary alicyclic amines) is 1. The molecule has 18 heavy (non-hydrogen) atoms. The highest BCUT2D eigenvalue weighted by Gasteiger charge is 2.25. The minimum absolute atomic E-state index is 0.0162. The van der Waals surface area contributed by atoms with Crippen LogP contribution in [0.4, 0.5) is 4.39 Å². The van der Waals surface area contributed by atoms with Gasteiger partial charge in [0, 0.05) is 6.54 Å². The second kappa shape index (κ2) is 5.81. The quantitative estimate of drug-likeness (QED) is 0.838. The summed E-state index contributed by atoms with van der Waals surface area (Å²) in [5.74, 6) is -0.199. The third-order valence-corrected chi connectivity index (χ3v) is 3.76. The molecule has 0 N–H and O–H groups in total. The molecule has 4 heteroatoms. The largest absolute Gasteiger partial charge is 0.298 e. The van der Waals surface area contributed by atoms with Crippen LogP contribution in [0.1, 0.15) is 31.7 Å².